The van der Waals surface area contributed by atoms with Crippen molar-refractivity contribution in [2.75, 3.05) is 7.05 Å². The van der Waals surface area contributed by atoms with Crippen molar-refractivity contribution in [1.29, 1.82) is 0 Å². The first kappa shape index (κ1) is 15.4. The molecule has 23 heavy (non-hydrogen) atoms. The lowest BCUT2D eigenvalue weighted by Crippen LogP contribution is -2.23. The van der Waals surface area contributed by atoms with Crippen LogP contribution in [0.2, 0.25) is 0 Å². The lowest BCUT2D eigenvalue weighted by Gasteiger charge is -2.26. The molecule has 0 fully saturated rings. The number of nitrogens with zero attached hydrogens (tertiary/aromatic N) is 4. The van der Waals surface area contributed by atoms with Gasteiger partial charge in [0.25, 0.3) is 0 Å². The van der Waals surface area contributed by atoms with Crippen molar-refractivity contribution in [3.63, 3.8) is 0 Å². The van der Waals surface area contributed by atoms with E-state index in [4.69, 9.17) is 0 Å². The van der Waals surface area contributed by atoms with Gasteiger partial charge >= 0.3 is 0 Å². The molecule has 0 N–H and O–H groups in total. The molecule has 0 amide bonds. The maximum Gasteiger partial charge on any atom is 0.123 e. The van der Waals surface area contributed by atoms with E-state index in [9.17, 15) is 4.39 Å². The third kappa shape index (κ3) is 3.46. The molecule has 3 aromatic rings. The third-order valence-electron chi connectivity index (χ3n) is 4.04. The average molecular weight is 310 g/mol. The Kier molecular flexibility index (Phi) is 4.48. The van der Waals surface area contributed by atoms with Gasteiger partial charge in [-0.15, -0.1) is 0 Å². The van der Waals surface area contributed by atoms with Gasteiger partial charge in [0.15, 0.2) is 0 Å². The van der Waals surface area contributed by atoms with Gasteiger partial charge in [0.05, 0.1) is 5.69 Å². The SMILES string of the molecule is C[C@@H](c1cccnc1)N(C)Cc1cc(F)ccc1-n1cccn1. The molecular formula is C18H19FN4. The van der Waals surface area contributed by atoms with Crippen LogP contribution >= 0.6 is 0 Å². The predicted octanol–water partition coefficient (Wildman–Crippen LogP) is 3.60. The summed E-state index contributed by atoms with van der Waals surface area (Å²) in [5.74, 6) is -0.238. The van der Waals surface area contributed by atoms with Gasteiger partial charge in [-0.25, -0.2) is 9.07 Å². The maximum absolute atomic E-state index is 13.7. The van der Waals surface area contributed by atoms with Crippen LogP contribution in [0.5, 0.6) is 0 Å². The average Bonchev–Trinajstić information content (AvgIpc) is 3.09. The Hall–Kier alpha value is -2.53. The second kappa shape index (κ2) is 6.71. The minimum Gasteiger partial charge on any atom is -0.295 e. The van der Waals surface area contributed by atoms with Crippen LogP contribution in [0.25, 0.3) is 5.69 Å². The van der Waals surface area contributed by atoms with Crippen LogP contribution in [0, 0.1) is 5.82 Å². The Morgan fingerprint density at radius 3 is 2.78 bits per heavy atom. The molecule has 0 aliphatic heterocycles. The van der Waals surface area contributed by atoms with Gasteiger partial charge in [-0.3, -0.25) is 9.88 Å². The van der Waals surface area contributed by atoms with Gasteiger partial charge in [-0.05, 0) is 55.4 Å². The van der Waals surface area contributed by atoms with E-state index in [1.807, 2.05) is 37.6 Å². The van der Waals surface area contributed by atoms with Crippen molar-refractivity contribution < 1.29 is 4.39 Å². The normalized spacial score (nSPS) is 12.5. The highest BCUT2D eigenvalue weighted by Gasteiger charge is 2.15. The highest BCUT2D eigenvalue weighted by Crippen LogP contribution is 2.23. The Morgan fingerprint density at radius 1 is 1.22 bits per heavy atom. The summed E-state index contributed by atoms with van der Waals surface area (Å²) in [6.45, 7) is 2.73. The quantitative estimate of drug-likeness (QED) is 0.722. The van der Waals surface area contributed by atoms with E-state index >= 15 is 0 Å². The number of pyridine rings is 1. The minimum absolute atomic E-state index is 0.178. The number of hydrogen-bond donors (Lipinski definition) is 0. The van der Waals surface area contributed by atoms with Gasteiger partial charge < -0.3 is 0 Å². The van der Waals surface area contributed by atoms with Crippen LogP contribution < -0.4 is 0 Å². The van der Waals surface area contributed by atoms with Crippen molar-refractivity contribution in [2.24, 2.45) is 0 Å². The van der Waals surface area contributed by atoms with E-state index in [0.29, 0.717) is 6.54 Å². The zero-order chi connectivity index (χ0) is 16.2. The molecule has 2 heterocycles. The molecule has 4 nitrogen and oxygen atoms in total. The molecule has 0 bridgehead atoms. The molecule has 0 saturated carbocycles. The standard InChI is InChI=1S/C18H19FN4/c1-14(15-5-3-8-20-12-15)22(2)13-16-11-17(19)6-7-18(16)23-10-4-9-21-23/h3-12,14H,13H2,1-2H3/t14-/m0/s1. The Morgan fingerprint density at radius 2 is 2.09 bits per heavy atom. The Labute approximate surface area is 135 Å². The zero-order valence-electron chi connectivity index (χ0n) is 13.2. The fourth-order valence-corrected chi connectivity index (χ4v) is 2.60. The number of aromatic nitrogens is 3. The van der Waals surface area contributed by atoms with Gasteiger partial charge in [0.1, 0.15) is 5.82 Å². The Bertz CT molecular complexity index is 756. The fourth-order valence-electron chi connectivity index (χ4n) is 2.60. The first-order valence-electron chi connectivity index (χ1n) is 7.54. The molecule has 0 aliphatic rings. The highest BCUT2D eigenvalue weighted by molar-refractivity contribution is 5.40. The summed E-state index contributed by atoms with van der Waals surface area (Å²) in [5, 5.41) is 4.25. The molecule has 1 atom stereocenters. The summed E-state index contributed by atoms with van der Waals surface area (Å²) < 4.78 is 15.5. The van der Waals surface area contributed by atoms with E-state index in [0.717, 1.165) is 16.8 Å². The first-order valence-corrected chi connectivity index (χ1v) is 7.54. The van der Waals surface area contributed by atoms with Gasteiger partial charge in [-0.2, -0.15) is 5.10 Å². The fraction of sp³-hybridized carbons (Fsp3) is 0.222. The molecule has 118 valence electrons. The van der Waals surface area contributed by atoms with Crippen molar-refractivity contribution in [1.82, 2.24) is 19.7 Å². The molecule has 5 heteroatoms. The van der Waals surface area contributed by atoms with Crippen LogP contribution in [0.15, 0.2) is 61.2 Å². The Balaban J connectivity index is 1.86. The predicted molar refractivity (Wildman–Crippen MR) is 87.6 cm³/mol. The van der Waals surface area contributed by atoms with Crippen molar-refractivity contribution in [3.8, 4) is 5.69 Å². The maximum atomic E-state index is 13.7. The van der Waals surface area contributed by atoms with Crippen molar-refractivity contribution >= 4 is 0 Å². The number of benzene rings is 1. The highest BCUT2D eigenvalue weighted by atomic mass is 19.1. The van der Waals surface area contributed by atoms with E-state index < -0.39 is 0 Å². The molecule has 1 aromatic carbocycles. The summed E-state index contributed by atoms with van der Waals surface area (Å²) in [6, 6.07) is 10.8. The topological polar surface area (TPSA) is 34.0 Å². The molecule has 0 unspecified atom stereocenters. The molecule has 3 rings (SSSR count). The summed E-state index contributed by atoms with van der Waals surface area (Å²) in [4.78, 5) is 6.33. The third-order valence-corrected chi connectivity index (χ3v) is 4.04. The summed E-state index contributed by atoms with van der Waals surface area (Å²) >= 11 is 0. The lowest BCUT2D eigenvalue weighted by atomic mass is 10.1. The minimum atomic E-state index is -0.238. The van der Waals surface area contributed by atoms with E-state index in [1.165, 1.54) is 6.07 Å². The van der Waals surface area contributed by atoms with E-state index in [1.54, 1.807) is 29.2 Å². The van der Waals surface area contributed by atoms with Crippen LogP contribution in [0.4, 0.5) is 4.39 Å². The summed E-state index contributed by atoms with van der Waals surface area (Å²) in [7, 11) is 2.02. The number of halogens is 1. The molecule has 2 aromatic heterocycles. The zero-order valence-corrected chi connectivity index (χ0v) is 13.2. The van der Waals surface area contributed by atoms with Crippen LogP contribution in [-0.2, 0) is 6.54 Å². The second-order valence-electron chi connectivity index (χ2n) is 5.60. The second-order valence-corrected chi connectivity index (χ2v) is 5.60. The smallest absolute Gasteiger partial charge is 0.123 e. The molecule has 0 spiro atoms. The molecule has 0 saturated heterocycles. The monoisotopic (exact) mass is 310 g/mol. The molecular weight excluding hydrogens is 291 g/mol. The molecule has 0 aliphatic carbocycles. The van der Waals surface area contributed by atoms with Gasteiger partial charge in [0.2, 0.25) is 0 Å². The van der Waals surface area contributed by atoms with Gasteiger partial charge in [0, 0.05) is 37.4 Å². The lowest BCUT2D eigenvalue weighted by molar-refractivity contribution is 0.252. The number of hydrogen-bond acceptors (Lipinski definition) is 3. The summed E-state index contributed by atoms with van der Waals surface area (Å²) in [6.07, 6.45) is 7.20. The van der Waals surface area contributed by atoms with Crippen molar-refractivity contribution in [3.05, 3.63) is 78.1 Å². The molecule has 0 radical (unpaired) electrons. The number of rotatable bonds is 5. The van der Waals surface area contributed by atoms with Gasteiger partial charge in [-0.1, -0.05) is 6.07 Å². The van der Waals surface area contributed by atoms with E-state index in [2.05, 4.69) is 21.9 Å². The largest absolute Gasteiger partial charge is 0.295 e. The summed E-state index contributed by atoms with van der Waals surface area (Å²) in [5.41, 5.74) is 2.92. The van der Waals surface area contributed by atoms with Crippen molar-refractivity contribution in [2.45, 2.75) is 19.5 Å². The van der Waals surface area contributed by atoms with Crippen LogP contribution in [0.1, 0.15) is 24.1 Å². The first-order chi connectivity index (χ1) is 11.1. The van der Waals surface area contributed by atoms with Crippen LogP contribution in [0.3, 0.4) is 0 Å². The van der Waals surface area contributed by atoms with E-state index in [-0.39, 0.29) is 11.9 Å². The van der Waals surface area contributed by atoms with Crippen LogP contribution in [-0.4, -0.2) is 26.7 Å².